The van der Waals surface area contributed by atoms with E-state index in [1.54, 1.807) is 0 Å². The second kappa shape index (κ2) is 8.55. The zero-order valence-corrected chi connectivity index (χ0v) is 13.6. The summed E-state index contributed by atoms with van der Waals surface area (Å²) in [5.74, 6) is 5.92. The van der Waals surface area contributed by atoms with Crippen LogP contribution in [0.5, 0.6) is 0 Å². The van der Waals surface area contributed by atoms with Crippen molar-refractivity contribution in [1.82, 2.24) is 5.43 Å². The fraction of sp³-hybridized carbons (Fsp3) is 0.684. The maximum absolute atomic E-state index is 5.92. The summed E-state index contributed by atoms with van der Waals surface area (Å²) in [5.41, 5.74) is 4.91. The number of unbranched alkanes of at least 4 members (excludes halogenated alkanes) is 5. The van der Waals surface area contributed by atoms with Gasteiger partial charge in [-0.15, -0.1) is 0 Å². The summed E-state index contributed by atoms with van der Waals surface area (Å²) in [6, 6.07) is 11.4. The van der Waals surface area contributed by atoms with E-state index in [4.69, 9.17) is 5.84 Å². The Bertz CT molecular complexity index is 384. The van der Waals surface area contributed by atoms with E-state index in [9.17, 15) is 0 Å². The first-order valence-electron chi connectivity index (χ1n) is 8.85. The van der Waals surface area contributed by atoms with Crippen molar-refractivity contribution < 1.29 is 0 Å². The Morgan fingerprint density at radius 1 is 1.05 bits per heavy atom. The molecule has 1 aromatic carbocycles. The highest BCUT2D eigenvalue weighted by Gasteiger charge is 2.44. The van der Waals surface area contributed by atoms with Crippen LogP contribution in [0.3, 0.4) is 0 Å². The van der Waals surface area contributed by atoms with Crippen LogP contribution in [0.25, 0.3) is 0 Å². The summed E-state index contributed by atoms with van der Waals surface area (Å²) in [5, 5.41) is 0. The topological polar surface area (TPSA) is 38.0 Å². The molecule has 0 bridgehead atoms. The van der Waals surface area contributed by atoms with Crippen LogP contribution in [-0.4, -0.2) is 6.04 Å². The zero-order valence-electron chi connectivity index (χ0n) is 13.6. The highest BCUT2D eigenvalue weighted by Crippen LogP contribution is 2.47. The second-order valence-corrected chi connectivity index (χ2v) is 6.65. The largest absolute Gasteiger partial charge is 0.271 e. The number of nitrogens with two attached hydrogens (primary N) is 1. The molecular formula is C19H32N2. The summed E-state index contributed by atoms with van der Waals surface area (Å²) in [6.45, 7) is 2.27. The molecule has 1 aliphatic rings. The lowest BCUT2D eigenvalue weighted by Gasteiger charge is -2.48. The smallest absolute Gasteiger partial charge is 0.0307 e. The van der Waals surface area contributed by atoms with E-state index >= 15 is 0 Å². The lowest BCUT2D eigenvalue weighted by molar-refractivity contribution is 0.159. The van der Waals surface area contributed by atoms with Gasteiger partial charge in [0.2, 0.25) is 0 Å². The molecule has 2 heteroatoms. The van der Waals surface area contributed by atoms with Crippen LogP contribution in [0, 0.1) is 0 Å². The minimum absolute atomic E-state index is 0.291. The third kappa shape index (κ3) is 4.08. The van der Waals surface area contributed by atoms with Crippen LogP contribution in [-0.2, 0) is 5.41 Å². The molecule has 1 aliphatic carbocycles. The third-order valence-corrected chi connectivity index (χ3v) is 5.31. The molecule has 0 aromatic heterocycles. The van der Waals surface area contributed by atoms with Gasteiger partial charge in [0.05, 0.1) is 0 Å². The van der Waals surface area contributed by atoms with Gasteiger partial charge in [0, 0.05) is 11.5 Å². The lowest BCUT2D eigenvalue weighted by atomic mass is 9.59. The minimum Gasteiger partial charge on any atom is -0.271 e. The first kappa shape index (κ1) is 16.5. The average Bonchev–Trinajstić information content (AvgIpc) is 2.49. The van der Waals surface area contributed by atoms with Crippen LogP contribution in [0.15, 0.2) is 30.3 Å². The van der Waals surface area contributed by atoms with Gasteiger partial charge in [0.15, 0.2) is 0 Å². The Kier molecular flexibility index (Phi) is 6.72. The fourth-order valence-corrected chi connectivity index (χ4v) is 3.81. The maximum Gasteiger partial charge on any atom is 0.0307 e. The summed E-state index contributed by atoms with van der Waals surface area (Å²) < 4.78 is 0. The number of nitrogens with one attached hydrogen (secondary N) is 1. The van der Waals surface area contributed by atoms with Crippen molar-refractivity contribution in [3.05, 3.63) is 35.9 Å². The summed E-state index contributed by atoms with van der Waals surface area (Å²) >= 11 is 0. The molecular weight excluding hydrogens is 256 g/mol. The fourth-order valence-electron chi connectivity index (χ4n) is 3.81. The second-order valence-electron chi connectivity index (χ2n) is 6.65. The van der Waals surface area contributed by atoms with Gasteiger partial charge in [-0.1, -0.05) is 82.2 Å². The Labute approximate surface area is 130 Å². The van der Waals surface area contributed by atoms with Gasteiger partial charge >= 0.3 is 0 Å². The van der Waals surface area contributed by atoms with Gasteiger partial charge in [-0.05, 0) is 24.8 Å². The Balaban J connectivity index is 1.87. The van der Waals surface area contributed by atoms with Crippen molar-refractivity contribution in [2.45, 2.75) is 82.6 Å². The van der Waals surface area contributed by atoms with Gasteiger partial charge in [0.25, 0.3) is 0 Å². The SMILES string of the molecule is CCCCCCCCC(NN)C1(c2ccccc2)CCC1. The molecule has 21 heavy (non-hydrogen) atoms. The average molecular weight is 288 g/mol. The summed E-state index contributed by atoms with van der Waals surface area (Å²) in [6.07, 6.45) is 13.2. The van der Waals surface area contributed by atoms with Crippen LogP contribution in [0.2, 0.25) is 0 Å². The first-order valence-corrected chi connectivity index (χ1v) is 8.85. The van der Waals surface area contributed by atoms with Crippen molar-refractivity contribution in [3.63, 3.8) is 0 Å². The van der Waals surface area contributed by atoms with Crippen molar-refractivity contribution in [3.8, 4) is 0 Å². The van der Waals surface area contributed by atoms with Crippen LogP contribution in [0.1, 0.15) is 76.7 Å². The Hall–Kier alpha value is -0.860. The van der Waals surface area contributed by atoms with Crippen molar-refractivity contribution in [1.29, 1.82) is 0 Å². The molecule has 118 valence electrons. The van der Waals surface area contributed by atoms with Gasteiger partial charge in [-0.2, -0.15) is 0 Å². The molecule has 1 unspecified atom stereocenters. The molecule has 1 saturated carbocycles. The molecule has 1 atom stereocenters. The van der Waals surface area contributed by atoms with E-state index < -0.39 is 0 Å². The molecule has 0 amide bonds. The van der Waals surface area contributed by atoms with E-state index in [0.717, 1.165) is 0 Å². The van der Waals surface area contributed by atoms with Crippen molar-refractivity contribution >= 4 is 0 Å². The van der Waals surface area contributed by atoms with Crippen molar-refractivity contribution in [2.24, 2.45) is 5.84 Å². The molecule has 2 nitrogen and oxygen atoms in total. The number of benzene rings is 1. The van der Waals surface area contributed by atoms with E-state index in [1.165, 1.54) is 69.8 Å². The van der Waals surface area contributed by atoms with E-state index in [1.807, 2.05) is 0 Å². The number of hydrogen-bond acceptors (Lipinski definition) is 2. The zero-order chi connectivity index (χ0) is 15.0. The predicted octanol–water partition coefficient (Wildman–Crippen LogP) is 4.69. The molecule has 1 fully saturated rings. The molecule has 0 spiro atoms. The predicted molar refractivity (Wildman–Crippen MR) is 91.1 cm³/mol. The third-order valence-electron chi connectivity index (χ3n) is 5.31. The number of hydrogen-bond donors (Lipinski definition) is 2. The summed E-state index contributed by atoms with van der Waals surface area (Å²) in [4.78, 5) is 0. The summed E-state index contributed by atoms with van der Waals surface area (Å²) in [7, 11) is 0. The van der Waals surface area contributed by atoms with E-state index in [0.29, 0.717) is 11.5 Å². The number of hydrazine groups is 1. The lowest BCUT2D eigenvalue weighted by Crippen LogP contribution is -2.55. The highest BCUT2D eigenvalue weighted by atomic mass is 15.2. The molecule has 0 heterocycles. The van der Waals surface area contributed by atoms with Crippen LogP contribution < -0.4 is 11.3 Å². The Morgan fingerprint density at radius 2 is 1.71 bits per heavy atom. The monoisotopic (exact) mass is 288 g/mol. The normalized spacial score (nSPS) is 18.2. The van der Waals surface area contributed by atoms with Crippen LogP contribution >= 0.6 is 0 Å². The molecule has 0 radical (unpaired) electrons. The quantitative estimate of drug-likeness (QED) is 0.372. The Morgan fingerprint density at radius 3 is 2.29 bits per heavy atom. The van der Waals surface area contributed by atoms with Crippen LogP contribution in [0.4, 0.5) is 0 Å². The van der Waals surface area contributed by atoms with E-state index in [-0.39, 0.29) is 0 Å². The molecule has 1 aromatic rings. The standard InChI is InChI=1S/C19H32N2/c1-2-3-4-5-6-10-14-18(21-20)19(15-11-16-19)17-12-8-7-9-13-17/h7-9,12-13,18,21H,2-6,10-11,14-16,20H2,1H3. The first-order chi connectivity index (χ1) is 10.3. The number of rotatable bonds is 10. The van der Waals surface area contributed by atoms with Gasteiger partial charge in [-0.25, -0.2) is 0 Å². The highest BCUT2D eigenvalue weighted by molar-refractivity contribution is 5.30. The molecule has 3 N–H and O–H groups in total. The van der Waals surface area contributed by atoms with Gasteiger partial charge < -0.3 is 0 Å². The van der Waals surface area contributed by atoms with Crippen molar-refractivity contribution in [2.75, 3.05) is 0 Å². The van der Waals surface area contributed by atoms with E-state index in [2.05, 4.69) is 42.7 Å². The molecule has 2 rings (SSSR count). The molecule has 0 saturated heterocycles. The van der Waals surface area contributed by atoms with Gasteiger partial charge in [-0.3, -0.25) is 11.3 Å². The molecule has 0 aliphatic heterocycles. The minimum atomic E-state index is 0.291. The maximum atomic E-state index is 5.92. The van der Waals surface area contributed by atoms with Gasteiger partial charge in [0.1, 0.15) is 0 Å².